The molecule has 2 saturated heterocycles. The molecule has 3 heterocycles. The molecule has 0 bridgehead atoms. The van der Waals surface area contributed by atoms with E-state index in [1.807, 2.05) is 0 Å². The Morgan fingerprint density at radius 1 is 1.25 bits per heavy atom. The predicted molar refractivity (Wildman–Crippen MR) is 93.6 cm³/mol. The van der Waals surface area contributed by atoms with Crippen LogP contribution in [0.1, 0.15) is 50.5 Å². The van der Waals surface area contributed by atoms with Gasteiger partial charge in [-0.25, -0.2) is 0 Å². The maximum atomic E-state index is 12.2. The highest BCUT2D eigenvalue weighted by Crippen LogP contribution is 2.46. The lowest BCUT2D eigenvalue weighted by molar-refractivity contribution is -0.148. The third kappa shape index (κ3) is 2.52. The van der Waals surface area contributed by atoms with Gasteiger partial charge in [0.1, 0.15) is 10.4 Å². The number of fused-ring (bicyclic) bond motifs is 1. The van der Waals surface area contributed by atoms with E-state index in [9.17, 15) is 9.90 Å². The van der Waals surface area contributed by atoms with E-state index in [2.05, 4.69) is 33.8 Å². The third-order valence-electron chi connectivity index (χ3n) is 6.10. The number of likely N-dealkylation sites (tertiary alicyclic amines) is 1. The van der Waals surface area contributed by atoms with Crippen LogP contribution in [0, 0.1) is 11.3 Å². The van der Waals surface area contributed by atoms with Crippen molar-refractivity contribution in [2.75, 3.05) is 31.1 Å². The van der Waals surface area contributed by atoms with Crippen molar-refractivity contribution in [3.05, 3.63) is 5.01 Å². The first kappa shape index (κ1) is 16.3. The molecule has 2 atom stereocenters. The van der Waals surface area contributed by atoms with Crippen LogP contribution < -0.4 is 4.90 Å². The van der Waals surface area contributed by atoms with Gasteiger partial charge in [-0.2, -0.15) is 0 Å². The number of carboxylic acids is 1. The number of rotatable bonds is 4. The molecule has 1 N–H and O–H groups in total. The molecule has 1 saturated carbocycles. The van der Waals surface area contributed by atoms with Crippen LogP contribution in [0.3, 0.4) is 0 Å². The number of carbonyl (C=O) groups is 1. The van der Waals surface area contributed by atoms with Crippen LogP contribution in [0.15, 0.2) is 0 Å². The zero-order chi connectivity index (χ0) is 16.9. The van der Waals surface area contributed by atoms with Crippen LogP contribution in [0.4, 0.5) is 5.13 Å². The van der Waals surface area contributed by atoms with Crippen molar-refractivity contribution in [2.24, 2.45) is 11.3 Å². The first-order valence-corrected chi connectivity index (χ1v) is 9.87. The second-order valence-corrected chi connectivity index (χ2v) is 8.97. The average Bonchev–Trinajstić information content (AvgIpc) is 3.28. The largest absolute Gasteiger partial charge is 0.481 e. The molecule has 4 rings (SSSR count). The lowest BCUT2D eigenvalue weighted by Crippen LogP contribution is -2.42. The summed E-state index contributed by atoms with van der Waals surface area (Å²) in [5.41, 5.74) is -0.633. The number of carboxylic acid groups (broad SMARTS) is 1. The van der Waals surface area contributed by atoms with Gasteiger partial charge in [0, 0.05) is 44.1 Å². The number of anilines is 1. The maximum Gasteiger partial charge on any atom is 0.313 e. The van der Waals surface area contributed by atoms with E-state index in [-0.39, 0.29) is 5.92 Å². The smallest absolute Gasteiger partial charge is 0.313 e. The molecule has 0 amide bonds. The highest BCUT2D eigenvalue weighted by Gasteiger charge is 2.59. The molecule has 0 radical (unpaired) electrons. The van der Waals surface area contributed by atoms with Gasteiger partial charge in [0.15, 0.2) is 0 Å². The van der Waals surface area contributed by atoms with Gasteiger partial charge >= 0.3 is 5.97 Å². The molecule has 1 aromatic rings. The van der Waals surface area contributed by atoms with E-state index >= 15 is 0 Å². The molecule has 0 aromatic carbocycles. The van der Waals surface area contributed by atoms with E-state index in [1.54, 1.807) is 11.3 Å². The molecular formula is C17H26N4O2S. The predicted octanol–water partition coefficient (Wildman–Crippen LogP) is 2.43. The molecule has 3 fully saturated rings. The van der Waals surface area contributed by atoms with Gasteiger partial charge in [-0.05, 0) is 12.8 Å². The van der Waals surface area contributed by atoms with Crippen molar-refractivity contribution in [1.82, 2.24) is 15.1 Å². The Kier molecular flexibility index (Phi) is 4.03. The van der Waals surface area contributed by atoms with Crippen molar-refractivity contribution < 1.29 is 9.90 Å². The molecule has 2 aliphatic heterocycles. The lowest BCUT2D eigenvalue weighted by atomic mass is 9.81. The quantitative estimate of drug-likeness (QED) is 0.899. The monoisotopic (exact) mass is 350 g/mol. The van der Waals surface area contributed by atoms with E-state index in [0.29, 0.717) is 25.0 Å². The lowest BCUT2D eigenvalue weighted by Gasteiger charge is -2.28. The van der Waals surface area contributed by atoms with E-state index in [0.717, 1.165) is 23.2 Å². The molecule has 24 heavy (non-hydrogen) atoms. The Morgan fingerprint density at radius 3 is 2.58 bits per heavy atom. The minimum Gasteiger partial charge on any atom is -0.481 e. The van der Waals surface area contributed by atoms with Crippen LogP contribution in [-0.4, -0.2) is 58.4 Å². The number of hydrogen-bond donors (Lipinski definition) is 1. The van der Waals surface area contributed by atoms with E-state index < -0.39 is 11.4 Å². The summed E-state index contributed by atoms with van der Waals surface area (Å²) in [6.07, 6.45) is 5.06. The Labute approximate surface area is 146 Å². The molecule has 1 aliphatic carbocycles. The van der Waals surface area contributed by atoms with Crippen molar-refractivity contribution in [2.45, 2.75) is 51.5 Å². The molecule has 0 spiro atoms. The topological polar surface area (TPSA) is 69.6 Å². The van der Waals surface area contributed by atoms with Crippen molar-refractivity contribution in [3.8, 4) is 0 Å². The number of aromatic nitrogens is 2. The second-order valence-electron chi connectivity index (χ2n) is 7.98. The van der Waals surface area contributed by atoms with Crippen molar-refractivity contribution >= 4 is 22.4 Å². The summed E-state index contributed by atoms with van der Waals surface area (Å²) < 4.78 is 0. The highest BCUT2D eigenvalue weighted by molar-refractivity contribution is 7.15. The van der Waals surface area contributed by atoms with Gasteiger partial charge in [-0.3, -0.25) is 9.69 Å². The first-order chi connectivity index (χ1) is 11.5. The minimum atomic E-state index is -0.635. The summed E-state index contributed by atoms with van der Waals surface area (Å²) in [6.45, 7) is 7.21. The Morgan fingerprint density at radius 2 is 2.00 bits per heavy atom. The van der Waals surface area contributed by atoms with Gasteiger partial charge in [-0.15, -0.1) is 10.2 Å². The fourth-order valence-corrected chi connectivity index (χ4v) is 5.54. The standard InChI is InChI=1S/C17H26N4O2S/c1-11(2)14-18-19-16(24-14)21-8-12-7-20(13-5-3-4-6-13)9-17(12,10-21)15(22)23/h11-13H,3-10H2,1-2H3,(H,22,23)/t12-,17-/m1/s1. The zero-order valence-electron chi connectivity index (χ0n) is 14.4. The SMILES string of the molecule is CC(C)c1nnc(N2C[C@H]3CN(C4CCCC4)C[C@@]3(C(=O)O)C2)s1. The van der Waals surface area contributed by atoms with Gasteiger partial charge in [0.2, 0.25) is 5.13 Å². The van der Waals surface area contributed by atoms with Crippen LogP contribution >= 0.6 is 11.3 Å². The van der Waals surface area contributed by atoms with E-state index in [1.165, 1.54) is 25.7 Å². The van der Waals surface area contributed by atoms with Crippen LogP contribution in [0.25, 0.3) is 0 Å². The average molecular weight is 350 g/mol. The fourth-order valence-electron chi connectivity index (χ4n) is 4.69. The first-order valence-electron chi connectivity index (χ1n) is 9.05. The van der Waals surface area contributed by atoms with Crippen molar-refractivity contribution in [3.63, 3.8) is 0 Å². The van der Waals surface area contributed by atoms with Crippen LogP contribution in [-0.2, 0) is 4.79 Å². The summed E-state index contributed by atoms with van der Waals surface area (Å²) in [5, 5.41) is 20.5. The second kappa shape index (κ2) is 5.95. The molecule has 6 nitrogen and oxygen atoms in total. The highest BCUT2D eigenvalue weighted by atomic mass is 32.1. The van der Waals surface area contributed by atoms with Crippen LogP contribution in [0.2, 0.25) is 0 Å². The van der Waals surface area contributed by atoms with Gasteiger partial charge in [0.05, 0.1) is 0 Å². The fraction of sp³-hybridized carbons (Fsp3) is 0.824. The molecule has 1 aromatic heterocycles. The molecule has 3 aliphatic rings. The molecule has 7 heteroatoms. The summed E-state index contributed by atoms with van der Waals surface area (Å²) in [5.74, 6) is -0.0734. The number of aliphatic carboxylic acids is 1. The van der Waals surface area contributed by atoms with Crippen LogP contribution in [0.5, 0.6) is 0 Å². The summed E-state index contributed by atoms with van der Waals surface area (Å²) in [7, 11) is 0. The zero-order valence-corrected chi connectivity index (χ0v) is 15.3. The maximum absolute atomic E-state index is 12.2. The normalized spacial score (nSPS) is 31.3. The summed E-state index contributed by atoms with van der Waals surface area (Å²) >= 11 is 1.61. The molecular weight excluding hydrogens is 324 g/mol. The molecule has 0 unspecified atom stereocenters. The Balaban J connectivity index is 1.53. The summed E-state index contributed by atoms with van der Waals surface area (Å²) in [4.78, 5) is 16.8. The number of hydrogen-bond acceptors (Lipinski definition) is 6. The minimum absolute atomic E-state index is 0.196. The van der Waals surface area contributed by atoms with Crippen molar-refractivity contribution in [1.29, 1.82) is 0 Å². The Bertz CT molecular complexity index is 628. The van der Waals surface area contributed by atoms with E-state index in [4.69, 9.17) is 0 Å². The molecule has 132 valence electrons. The van der Waals surface area contributed by atoms with Gasteiger partial charge < -0.3 is 10.0 Å². The summed E-state index contributed by atoms with van der Waals surface area (Å²) in [6, 6.07) is 0.606. The van der Waals surface area contributed by atoms with Gasteiger partial charge in [0.25, 0.3) is 0 Å². The van der Waals surface area contributed by atoms with Gasteiger partial charge in [-0.1, -0.05) is 38.0 Å². The third-order valence-corrected chi connectivity index (χ3v) is 7.38. The Hall–Kier alpha value is -1.21. The number of nitrogens with zero attached hydrogens (tertiary/aromatic N) is 4.